The van der Waals surface area contributed by atoms with E-state index in [2.05, 4.69) is 34.4 Å². The van der Waals surface area contributed by atoms with Crippen LogP contribution in [-0.2, 0) is 16.1 Å². The predicted octanol–water partition coefficient (Wildman–Crippen LogP) is 1.72. The molecule has 1 saturated heterocycles. The zero-order valence-corrected chi connectivity index (χ0v) is 16.2. The molecule has 2 aromatic heterocycles. The number of nitrogens with one attached hydrogen (secondary N) is 2. The fourth-order valence-corrected chi connectivity index (χ4v) is 3.15. The van der Waals surface area contributed by atoms with Gasteiger partial charge in [0, 0.05) is 38.8 Å². The standard InChI is InChI=1S/C20H26N4O4/c1-14-12-24(13-15(2)28-14)18-6-5-16(10-22-18)11-23-19(25)7-8-21-20(26)17-4-3-9-27-17/h3-6,9-10,14-15H,7-8,11-13H2,1-2H3,(H,21,26)(H,23,25). The minimum absolute atomic E-state index is 0.139. The number of nitrogens with zero attached hydrogens (tertiary/aromatic N) is 2. The summed E-state index contributed by atoms with van der Waals surface area (Å²) in [6, 6.07) is 7.15. The minimum atomic E-state index is -0.329. The Labute approximate surface area is 164 Å². The van der Waals surface area contributed by atoms with Crippen molar-refractivity contribution in [3.63, 3.8) is 0 Å². The molecule has 2 atom stereocenters. The second-order valence-electron chi connectivity index (χ2n) is 6.95. The lowest BCUT2D eigenvalue weighted by Gasteiger charge is -2.36. The number of carbonyl (C=O) groups is 2. The lowest BCUT2D eigenvalue weighted by atomic mass is 10.2. The molecule has 1 fully saturated rings. The molecule has 0 aliphatic carbocycles. The lowest BCUT2D eigenvalue weighted by Crippen LogP contribution is -2.45. The highest BCUT2D eigenvalue weighted by molar-refractivity contribution is 5.91. The zero-order chi connectivity index (χ0) is 19.9. The molecule has 0 bridgehead atoms. The molecule has 1 aliphatic rings. The van der Waals surface area contributed by atoms with Gasteiger partial charge < -0.3 is 24.7 Å². The molecule has 3 rings (SSSR count). The van der Waals surface area contributed by atoms with Gasteiger partial charge in [0.15, 0.2) is 5.76 Å². The Hall–Kier alpha value is -2.87. The maximum Gasteiger partial charge on any atom is 0.286 e. The highest BCUT2D eigenvalue weighted by atomic mass is 16.5. The van der Waals surface area contributed by atoms with Crippen LogP contribution in [0.3, 0.4) is 0 Å². The third-order valence-electron chi connectivity index (χ3n) is 4.42. The van der Waals surface area contributed by atoms with Crippen LogP contribution in [0.4, 0.5) is 5.82 Å². The van der Waals surface area contributed by atoms with Gasteiger partial charge in [-0.1, -0.05) is 6.07 Å². The van der Waals surface area contributed by atoms with Crippen LogP contribution < -0.4 is 15.5 Å². The summed E-state index contributed by atoms with van der Waals surface area (Å²) in [5, 5.41) is 5.48. The van der Waals surface area contributed by atoms with Gasteiger partial charge in [-0.2, -0.15) is 0 Å². The van der Waals surface area contributed by atoms with E-state index in [0.29, 0.717) is 6.54 Å². The summed E-state index contributed by atoms with van der Waals surface area (Å²) in [7, 11) is 0. The normalized spacial score (nSPS) is 19.3. The maximum atomic E-state index is 11.9. The van der Waals surface area contributed by atoms with E-state index in [-0.39, 0.29) is 42.7 Å². The van der Waals surface area contributed by atoms with Gasteiger partial charge in [-0.05, 0) is 37.6 Å². The summed E-state index contributed by atoms with van der Waals surface area (Å²) in [5.41, 5.74) is 0.922. The van der Waals surface area contributed by atoms with Crippen molar-refractivity contribution < 1.29 is 18.7 Å². The van der Waals surface area contributed by atoms with E-state index in [4.69, 9.17) is 9.15 Å². The van der Waals surface area contributed by atoms with Crippen LogP contribution in [0.2, 0.25) is 0 Å². The summed E-state index contributed by atoms with van der Waals surface area (Å²) >= 11 is 0. The number of morpholine rings is 1. The number of hydrogen-bond acceptors (Lipinski definition) is 6. The van der Waals surface area contributed by atoms with Gasteiger partial charge in [-0.3, -0.25) is 9.59 Å². The summed E-state index contributed by atoms with van der Waals surface area (Å²) in [6.07, 6.45) is 3.76. The summed E-state index contributed by atoms with van der Waals surface area (Å²) in [6.45, 7) is 6.39. The Kier molecular flexibility index (Phi) is 6.65. The number of furan rings is 1. The first kappa shape index (κ1) is 19.9. The second kappa shape index (κ2) is 9.36. The van der Waals surface area contributed by atoms with Crippen LogP contribution in [-0.4, -0.2) is 48.6 Å². The van der Waals surface area contributed by atoms with E-state index >= 15 is 0 Å². The summed E-state index contributed by atoms with van der Waals surface area (Å²) in [4.78, 5) is 30.4. The van der Waals surface area contributed by atoms with Gasteiger partial charge in [-0.15, -0.1) is 0 Å². The number of amides is 2. The maximum absolute atomic E-state index is 11.9. The summed E-state index contributed by atoms with van der Waals surface area (Å²) < 4.78 is 10.7. The van der Waals surface area contributed by atoms with E-state index in [0.717, 1.165) is 24.5 Å². The Balaban J connectivity index is 1.39. The monoisotopic (exact) mass is 386 g/mol. The molecule has 0 radical (unpaired) electrons. The van der Waals surface area contributed by atoms with E-state index < -0.39 is 0 Å². The highest BCUT2D eigenvalue weighted by Crippen LogP contribution is 2.18. The van der Waals surface area contributed by atoms with Crippen molar-refractivity contribution in [3.05, 3.63) is 48.0 Å². The van der Waals surface area contributed by atoms with Crippen molar-refractivity contribution >= 4 is 17.6 Å². The van der Waals surface area contributed by atoms with Crippen molar-refractivity contribution in [3.8, 4) is 0 Å². The molecule has 3 heterocycles. The van der Waals surface area contributed by atoms with Gasteiger partial charge in [0.2, 0.25) is 5.91 Å². The molecular formula is C20H26N4O4. The Morgan fingerprint density at radius 2 is 1.96 bits per heavy atom. The Morgan fingerprint density at radius 3 is 2.61 bits per heavy atom. The molecule has 2 amide bonds. The van der Waals surface area contributed by atoms with Crippen LogP contribution in [0, 0.1) is 0 Å². The number of pyridine rings is 1. The molecule has 0 saturated carbocycles. The van der Waals surface area contributed by atoms with Gasteiger partial charge >= 0.3 is 0 Å². The van der Waals surface area contributed by atoms with Crippen molar-refractivity contribution in [1.29, 1.82) is 0 Å². The lowest BCUT2D eigenvalue weighted by molar-refractivity contribution is -0.121. The minimum Gasteiger partial charge on any atom is -0.459 e. The van der Waals surface area contributed by atoms with Crippen molar-refractivity contribution in [2.24, 2.45) is 0 Å². The number of anilines is 1. The molecule has 8 nitrogen and oxygen atoms in total. The Morgan fingerprint density at radius 1 is 1.18 bits per heavy atom. The van der Waals surface area contributed by atoms with Crippen LogP contribution >= 0.6 is 0 Å². The molecule has 0 aromatic carbocycles. The molecule has 2 unspecified atom stereocenters. The predicted molar refractivity (Wildman–Crippen MR) is 104 cm³/mol. The van der Waals surface area contributed by atoms with E-state index in [1.165, 1.54) is 6.26 Å². The molecule has 0 spiro atoms. The van der Waals surface area contributed by atoms with Crippen LogP contribution in [0.15, 0.2) is 41.1 Å². The molecule has 150 valence electrons. The fourth-order valence-electron chi connectivity index (χ4n) is 3.15. The second-order valence-corrected chi connectivity index (χ2v) is 6.95. The third kappa shape index (κ3) is 5.56. The van der Waals surface area contributed by atoms with Gasteiger partial charge in [0.05, 0.1) is 18.5 Å². The summed E-state index contributed by atoms with van der Waals surface area (Å²) in [5.74, 6) is 0.678. The van der Waals surface area contributed by atoms with Crippen LogP contribution in [0.5, 0.6) is 0 Å². The smallest absolute Gasteiger partial charge is 0.286 e. The first-order valence-corrected chi connectivity index (χ1v) is 9.45. The number of aromatic nitrogens is 1. The van der Waals surface area contributed by atoms with E-state index in [1.807, 2.05) is 12.1 Å². The molecule has 2 N–H and O–H groups in total. The van der Waals surface area contributed by atoms with Gasteiger partial charge in [-0.25, -0.2) is 4.98 Å². The van der Waals surface area contributed by atoms with Crippen molar-refractivity contribution in [2.45, 2.75) is 39.0 Å². The SMILES string of the molecule is CC1CN(c2ccc(CNC(=O)CCNC(=O)c3ccco3)cn2)CC(C)O1. The van der Waals surface area contributed by atoms with Crippen LogP contribution in [0.25, 0.3) is 0 Å². The first-order valence-electron chi connectivity index (χ1n) is 9.45. The van der Waals surface area contributed by atoms with E-state index in [1.54, 1.807) is 18.3 Å². The number of hydrogen-bond donors (Lipinski definition) is 2. The zero-order valence-electron chi connectivity index (χ0n) is 16.2. The third-order valence-corrected chi connectivity index (χ3v) is 4.42. The molecule has 28 heavy (non-hydrogen) atoms. The average molecular weight is 386 g/mol. The Bertz CT molecular complexity index is 766. The van der Waals surface area contributed by atoms with E-state index in [9.17, 15) is 9.59 Å². The quantitative estimate of drug-likeness (QED) is 0.752. The fraction of sp³-hybridized carbons (Fsp3) is 0.450. The number of rotatable bonds is 7. The van der Waals surface area contributed by atoms with Gasteiger partial charge in [0.25, 0.3) is 5.91 Å². The molecule has 2 aromatic rings. The molecule has 8 heteroatoms. The topological polar surface area (TPSA) is 96.7 Å². The molecular weight excluding hydrogens is 360 g/mol. The first-order chi connectivity index (χ1) is 13.5. The van der Waals surface area contributed by atoms with Crippen molar-refractivity contribution in [2.75, 3.05) is 24.5 Å². The van der Waals surface area contributed by atoms with Crippen LogP contribution in [0.1, 0.15) is 36.4 Å². The largest absolute Gasteiger partial charge is 0.459 e. The average Bonchev–Trinajstić information content (AvgIpc) is 3.21. The molecule has 1 aliphatic heterocycles. The highest BCUT2D eigenvalue weighted by Gasteiger charge is 2.22. The number of carbonyl (C=O) groups excluding carboxylic acids is 2. The number of ether oxygens (including phenoxy) is 1. The van der Waals surface area contributed by atoms with Gasteiger partial charge in [0.1, 0.15) is 5.82 Å². The van der Waals surface area contributed by atoms with Crippen molar-refractivity contribution in [1.82, 2.24) is 15.6 Å².